The summed E-state index contributed by atoms with van der Waals surface area (Å²) in [7, 11) is 0. The summed E-state index contributed by atoms with van der Waals surface area (Å²) in [6.45, 7) is 2.91. The lowest BCUT2D eigenvalue weighted by molar-refractivity contribution is -0.384. The highest BCUT2D eigenvalue weighted by Crippen LogP contribution is 2.14. The van der Waals surface area contributed by atoms with Crippen LogP contribution in [-0.2, 0) is 14.3 Å². The Morgan fingerprint density at radius 3 is 2.43 bits per heavy atom. The Kier molecular flexibility index (Phi) is 7.56. The molecule has 158 valence electrons. The SMILES string of the molecule is Cc1ccc(NC(=O)[C@@H](C)OC(=O)CCNC(=O)c2ccc([N+](=O)[O-])cc2)cc1F. The number of esters is 1. The van der Waals surface area contributed by atoms with Gasteiger partial charge in [-0.25, -0.2) is 4.39 Å². The zero-order valence-corrected chi connectivity index (χ0v) is 16.3. The summed E-state index contributed by atoms with van der Waals surface area (Å²) in [5.41, 5.74) is 0.729. The van der Waals surface area contributed by atoms with Crippen LogP contribution in [0.4, 0.5) is 15.8 Å². The number of hydrogen-bond donors (Lipinski definition) is 2. The number of non-ortho nitro benzene ring substituents is 1. The number of nitro benzene ring substituents is 1. The molecule has 0 aromatic heterocycles. The maximum atomic E-state index is 13.5. The number of ether oxygens (including phenoxy) is 1. The first-order valence-corrected chi connectivity index (χ1v) is 8.96. The quantitative estimate of drug-likeness (QED) is 0.386. The van der Waals surface area contributed by atoms with Gasteiger partial charge in [0.25, 0.3) is 17.5 Å². The Labute approximate surface area is 171 Å². The normalized spacial score (nSPS) is 11.3. The van der Waals surface area contributed by atoms with E-state index >= 15 is 0 Å². The van der Waals surface area contributed by atoms with Gasteiger partial charge in [0.05, 0.1) is 11.3 Å². The van der Waals surface area contributed by atoms with Crippen LogP contribution in [0.1, 0.15) is 29.3 Å². The number of nitro groups is 1. The maximum Gasteiger partial charge on any atom is 0.308 e. The monoisotopic (exact) mass is 417 g/mol. The van der Waals surface area contributed by atoms with Gasteiger partial charge < -0.3 is 15.4 Å². The molecule has 2 aromatic rings. The van der Waals surface area contributed by atoms with E-state index in [-0.39, 0.29) is 29.9 Å². The maximum absolute atomic E-state index is 13.5. The number of rotatable bonds is 8. The molecule has 0 radical (unpaired) electrons. The summed E-state index contributed by atoms with van der Waals surface area (Å²) in [5, 5.41) is 15.5. The van der Waals surface area contributed by atoms with E-state index in [1.807, 2.05) is 0 Å². The Morgan fingerprint density at radius 2 is 1.83 bits per heavy atom. The molecule has 2 amide bonds. The fourth-order valence-corrected chi connectivity index (χ4v) is 2.34. The van der Waals surface area contributed by atoms with Crippen LogP contribution in [0.5, 0.6) is 0 Å². The molecule has 2 N–H and O–H groups in total. The number of anilines is 1. The summed E-state index contributed by atoms with van der Waals surface area (Å²) in [4.78, 5) is 45.9. The van der Waals surface area contributed by atoms with Gasteiger partial charge in [-0.2, -0.15) is 0 Å². The van der Waals surface area contributed by atoms with Crippen molar-refractivity contribution in [1.29, 1.82) is 0 Å². The number of hydrogen-bond acceptors (Lipinski definition) is 6. The minimum Gasteiger partial charge on any atom is -0.452 e. The first-order chi connectivity index (χ1) is 14.2. The number of amides is 2. The van der Waals surface area contributed by atoms with Crippen molar-refractivity contribution < 1.29 is 28.4 Å². The molecular weight excluding hydrogens is 397 g/mol. The van der Waals surface area contributed by atoms with Crippen LogP contribution in [0, 0.1) is 22.9 Å². The molecular formula is C20H20FN3O6. The van der Waals surface area contributed by atoms with Gasteiger partial charge in [-0.05, 0) is 43.7 Å². The molecule has 2 aromatic carbocycles. The topological polar surface area (TPSA) is 128 Å². The van der Waals surface area contributed by atoms with Crippen LogP contribution < -0.4 is 10.6 Å². The molecule has 0 aliphatic rings. The third-order valence-electron chi connectivity index (χ3n) is 4.07. The molecule has 10 heteroatoms. The lowest BCUT2D eigenvalue weighted by Crippen LogP contribution is -2.32. The van der Waals surface area contributed by atoms with Crippen molar-refractivity contribution in [3.63, 3.8) is 0 Å². The van der Waals surface area contributed by atoms with Crippen LogP contribution in [0.2, 0.25) is 0 Å². The largest absolute Gasteiger partial charge is 0.452 e. The molecule has 0 aliphatic heterocycles. The second kappa shape index (κ2) is 10.1. The van der Waals surface area contributed by atoms with E-state index in [2.05, 4.69) is 10.6 Å². The molecule has 0 saturated heterocycles. The summed E-state index contributed by atoms with van der Waals surface area (Å²) in [6, 6.07) is 9.19. The molecule has 0 fully saturated rings. The first-order valence-electron chi connectivity index (χ1n) is 8.96. The van der Waals surface area contributed by atoms with Crippen molar-refractivity contribution in [3.05, 3.63) is 69.5 Å². The van der Waals surface area contributed by atoms with E-state index < -0.39 is 34.6 Å². The van der Waals surface area contributed by atoms with Crippen LogP contribution in [0.15, 0.2) is 42.5 Å². The number of aryl methyl sites for hydroxylation is 1. The summed E-state index contributed by atoms with van der Waals surface area (Å²) >= 11 is 0. The molecule has 30 heavy (non-hydrogen) atoms. The molecule has 0 unspecified atom stereocenters. The molecule has 0 bridgehead atoms. The van der Waals surface area contributed by atoms with Gasteiger partial charge in [-0.3, -0.25) is 24.5 Å². The van der Waals surface area contributed by atoms with Crippen LogP contribution in [0.3, 0.4) is 0 Å². The molecule has 0 saturated carbocycles. The lowest BCUT2D eigenvalue weighted by Gasteiger charge is -2.14. The van der Waals surface area contributed by atoms with Gasteiger partial charge in [0, 0.05) is 29.9 Å². The highest BCUT2D eigenvalue weighted by atomic mass is 19.1. The van der Waals surface area contributed by atoms with Gasteiger partial charge >= 0.3 is 5.97 Å². The van der Waals surface area contributed by atoms with Crippen molar-refractivity contribution in [2.24, 2.45) is 0 Å². The average Bonchev–Trinajstić information content (AvgIpc) is 2.70. The average molecular weight is 417 g/mol. The molecule has 2 rings (SSSR count). The number of nitrogens with zero attached hydrogens (tertiary/aromatic N) is 1. The van der Waals surface area contributed by atoms with Gasteiger partial charge in [0.15, 0.2) is 6.10 Å². The van der Waals surface area contributed by atoms with E-state index in [4.69, 9.17) is 4.74 Å². The Hall–Kier alpha value is -3.82. The van der Waals surface area contributed by atoms with Crippen molar-refractivity contribution >= 4 is 29.2 Å². The standard InChI is InChI=1S/C20H20FN3O6/c1-12-3-6-15(11-17(12)21)23-19(26)13(2)30-18(25)9-10-22-20(27)14-4-7-16(8-5-14)24(28)29/h3-8,11,13H,9-10H2,1-2H3,(H,22,27)(H,23,26)/t13-/m1/s1. The molecule has 9 nitrogen and oxygen atoms in total. The molecule has 0 spiro atoms. The van der Waals surface area contributed by atoms with E-state index in [9.17, 15) is 28.9 Å². The smallest absolute Gasteiger partial charge is 0.308 e. The second-order valence-electron chi connectivity index (χ2n) is 6.40. The number of nitrogens with one attached hydrogen (secondary N) is 2. The first kappa shape index (κ1) is 22.5. The van der Waals surface area contributed by atoms with Crippen molar-refractivity contribution in [3.8, 4) is 0 Å². The van der Waals surface area contributed by atoms with Crippen molar-refractivity contribution in [2.75, 3.05) is 11.9 Å². The highest BCUT2D eigenvalue weighted by molar-refractivity contribution is 5.95. The Morgan fingerprint density at radius 1 is 1.17 bits per heavy atom. The fourth-order valence-electron chi connectivity index (χ4n) is 2.34. The summed E-state index contributed by atoms with van der Waals surface area (Å²) in [6.07, 6.45) is -1.30. The molecule has 0 aliphatic carbocycles. The van der Waals surface area contributed by atoms with Crippen LogP contribution >= 0.6 is 0 Å². The third kappa shape index (κ3) is 6.36. The zero-order valence-electron chi connectivity index (χ0n) is 16.3. The van der Waals surface area contributed by atoms with E-state index in [1.165, 1.54) is 43.3 Å². The van der Waals surface area contributed by atoms with Gasteiger partial charge in [-0.1, -0.05) is 6.07 Å². The Balaban J connectivity index is 1.76. The Bertz CT molecular complexity index is 962. The number of benzene rings is 2. The van der Waals surface area contributed by atoms with Gasteiger partial charge in [0.1, 0.15) is 5.82 Å². The summed E-state index contributed by atoms with van der Waals surface area (Å²) in [5.74, 6) is -2.32. The van der Waals surface area contributed by atoms with Crippen LogP contribution in [0.25, 0.3) is 0 Å². The van der Waals surface area contributed by atoms with Gasteiger partial charge in [0.2, 0.25) is 0 Å². The molecule has 0 heterocycles. The number of carbonyl (C=O) groups is 3. The predicted molar refractivity (Wildman–Crippen MR) is 105 cm³/mol. The predicted octanol–water partition coefficient (Wildman–Crippen LogP) is 2.73. The molecule has 1 atom stereocenters. The summed E-state index contributed by atoms with van der Waals surface area (Å²) < 4.78 is 18.5. The van der Waals surface area contributed by atoms with E-state index in [0.717, 1.165) is 6.07 Å². The van der Waals surface area contributed by atoms with E-state index in [1.54, 1.807) is 6.92 Å². The van der Waals surface area contributed by atoms with Gasteiger partial charge in [-0.15, -0.1) is 0 Å². The number of halogens is 1. The minimum atomic E-state index is -1.12. The van der Waals surface area contributed by atoms with E-state index in [0.29, 0.717) is 5.56 Å². The number of carbonyl (C=O) groups excluding carboxylic acids is 3. The van der Waals surface area contributed by atoms with Crippen molar-refractivity contribution in [1.82, 2.24) is 5.32 Å². The highest BCUT2D eigenvalue weighted by Gasteiger charge is 2.18. The third-order valence-corrected chi connectivity index (χ3v) is 4.07. The minimum absolute atomic E-state index is 0.0494. The zero-order chi connectivity index (χ0) is 22.3. The second-order valence-corrected chi connectivity index (χ2v) is 6.40. The lowest BCUT2D eigenvalue weighted by atomic mass is 10.2. The fraction of sp³-hybridized carbons (Fsp3) is 0.250. The van der Waals surface area contributed by atoms with Crippen LogP contribution in [-0.4, -0.2) is 35.4 Å². The van der Waals surface area contributed by atoms with Crippen molar-refractivity contribution in [2.45, 2.75) is 26.4 Å².